The quantitative estimate of drug-likeness (QED) is 0.207. The van der Waals surface area contributed by atoms with Crippen LogP contribution in [0.5, 0.6) is 0 Å². The fraction of sp³-hybridized carbons (Fsp3) is 0.792. The Hall–Kier alpha value is -0.493. The van der Waals surface area contributed by atoms with Gasteiger partial charge in [-0.3, -0.25) is 4.90 Å². The van der Waals surface area contributed by atoms with Crippen molar-refractivity contribution in [3.63, 3.8) is 0 Å². The first kappa shape index (κ1) is 29.7. The van der Waals surface area contributed by atoms with Gasteiger partial charge in [0.2, 0.25) is 0 Å². The van der Waals surface area contributed by atoms with Gasteiger partial charge in [0.25, 0.3) is 0 Å². The van der Waals surface area contributed by atoms with Crippen LogP contribution in [0, 0.1) is 0 Å². The number of hydrogen-bond donors (Lipinski definition) is 0. The summed E-state index contributed by atoms with van der Waals surface area (Å²) >= 11 is 0. The molecule has 0 aromatic carbocycles. The van der Waals surface area contributed by atoms with Crippen molar-refractivity contribution in [2.45, 2.75) is 117 Å². The Morgan fingerprint density at radius 3 is 1.54 bits per heavy atom. The van der Waals surface area contributed by atoms with Crippen molar-refractivity contribution in [2.24, 2.45) is 0 Å². The maximum absolute atomic E-state index is 11.4. The summed E-state index contributed by atoms with van der Waals surface area (Å²) in [6.07, 6.45) is 22.3. The van der Waals surface area contributed by atoms with E-state index in [4.69, 9.17) is 0 Å². The Morgan fingerprint density at radius 2 is 1.21 bits per heavy atom. The van der Waals surface area contributed by atoms with E-state index in [0.29, 0.717) is 12.1 Å². The molecule has 28 heavy (non-hydrogen) atoms. The van der Waals surface area contributed by atoms with E-state index in [2.05, 4.69) is 56.9 Å². The van der Waals surface area contributed by atoms with Gasteiger partial charge < -0.3 is 9.90 Å². The van der Waals surface area contributed by atoms with Crippen LogP contribution < -0.4 is 24.0 Å². The molecule has 3 nitrogen and oxygen atoms in total. The van der Waals surface area contributed by atoms with Crippen LogP contribution in [0.25, 0.3) is 0 Å². The fourth-order valence-electron chi connectivity index (χ4n) is 3.77. The van der Waals surface area contributed by atoms with Crippen molar-refractivity contribution in [1.29, 1.82) is 0 Å². The Labute approximate surface area is 187 Å². The topological polar surface area (TPSA) is 43.4 Å². The summed E-state index contributed by atoms with van der Waals surface area (Å²) in [5.41, 5.74) is 0. The minimum atomic E-state index is -0.941. The molecular weight excluding hydrogens is 341 g/mol. The molecule has 0 saturated carbocycles. The van der Waals surface area contributed by atoms with Crippen molar-refractivity contribution in [3.05, 3.63) is 24.3 Å². The molecule has 0 saturated heterocycles. The predicted molar refractivity (Wildman–Crippen MR) is 116 cm³/mol. The molecule has 0 radical (unpaired) electrons. The minimum absolute atomic E-state index is 0. The van der Waals surface area contributed by atoms with E-state index < -0.39 is 5.97 Å². The molecular formula is C24H44LiNO2. The van der Waals surface area contributed by atoms with E-state index in [-0.39, 0.29) is 25.4 Å². The fourth-order valence-corrected chi connectivity index (χ4v) is 3.77. The number of carboxylic acids is 1. The van der Waals surface area contributed by atoms with Gasteiger partial charge >= 0.3 is 18.9 Å². The van der Waals surface area contributed by atoms with Crippen LogP contribution >= 0.6 is 0 Å². The van der Waals surface area contributed by atoms with Crippen molar-refractivity contribution < 1.29 is 28.8 Å². The number of carboxylic acid groups (broad SMARTS) is 1. The molecule has 0 rings (SSSR count). The van der Waals surface area contributed by atoms with Gasteiger partial charge in [-0.05, 0) is 64.2 Å². The average molecular weight is 386 g/mol. The molecule has 0 amide bonds. The Bertz CT molecular complexity index is 379. The number of hydrogen-bond acceptors (Lipinski definition) is 3. The van der Waals surface area contributed by atoms with Crippen LogP contribution in [0.2, 0.25) is 0 Å². The zero-order valence-electron chi connectivity index (χ0n) is 19.4. The second kappa shape index (κ2) is 21.2. The van der Waals surface area contributed by atoms with Crippen LogP contribution in [0.1, 0.15) is 105 Å². The number of allylic oxidation sites excluding steroid dienone is 4. The van der Waals surface area contributed by atoms with Crippen LogP contribution in [0.15, 0.2) is 24.3 Å². The third kappa shape index (κ3) is 15.4. The third-order valence-electron chi connectivity index (χ3n) is 5.31. The minimum Gasteiger partial charge on any atom is -0.549 e. The zero-order chi connectivity index (χ0) is 20.3. The van der Waals surface area contributed by atoms with E-state index >= 15 is 0 Å². The van der Waals surface area contributed by atoms with Gasteiger partial charge in [0.05, 0.1) is 5.97 Å². The summed E-state index contributed by atoms with van der Waals surface area (Å²) < 4.78 is 0. The molecule has 0 aromatic heterocycles. The number of rotatable bonds is 18. The standard InChI is InChI=1S/C24H45NO2.Li/c1-5-9-11-13-15-17-19-22(7-3)25(21-24(26)27)23(8-4)20-18-16-14-12-10-6-2;/h9-12,22-23H,5-8,13-21H2,1-4H3,(H,26,27);/q;+1/p-1/b11-9+,12-10+;. The summed E-state index contributed by atoms with van der Waals surface area (Å²) in [5.74, 6) is -0.941. The molecule has 0 aliphatic carbocycles. The second-order valence-corrected chi connectivity index (χ2v) is 7.50. The van der Waals surface area contributed by atoms with E-state index in [0.717, 1.165) is 64.2 Å². The molecule has 2 unspecified atom stereocenters. The first-order valence-corrected chi connectivity index (χ1v) is 11.4. The maximum atomic E-state index is 11.4. The van der Waals surface area contributed by atoms with Crippen LogP contribution in [-0.4, -0.2) is 29.5 Å². The summed E-state index contributed by atoms with van der Waals surface area (Å²) in [4.78, 5) is 13.6. The number of nitrogens with zero attached hydrogens (tertiary/aromatic N) is 1. The summed E-state index contributed by atoms with van der Waals surface area (Å²) in [7, 11) is 0. The van der Waals surface area contributed by atoms with E-state index in [1.807, 2.05) is 0 Å². The zero-order valence-corrected chi connectivity index (χ0v) is 19.4. The van der Waals surface area contributed by atoms with Gasteiger partial charge in [0.1, 0.15) is 0 Å². The Balaban J connectivity index is 0. The molecule has 0 N–H and O–H groups in total. The second-order valence-electron chi connectivity index (χ2n) is 7.50. The largest absolute Gasteiger partial charge is 1.00 e. The molecule has 0 aliphatic heterocycles. The molecule has 4 heteroatoms. The average Bonchev–Trinajstić information content (AvgIpc) is 2.65. The number of carbonyl (C=O) groups excluding carboxylic acids is 1. The monoisotopic (exact) mass is 385 g/mol. The molecule has 0 aromatic rings. The van der Waals surface area contributed by atoms with Gasteiger partial charge in [-0.15, -0.1) is 0 Å². The van der Waals surface area contributed by atoms with Gasteiger partial charge in [0, 0.05) is 18.6 Å². The van der Waals surface area contributed by atoms with E-state index in [9.17, 15) is 9.90 Å². The Kier molecular flexibility index (Phi) is 22.5. The van der Waals surface area contributed by atoms with Gasteiger partial charge in [-0.25, -0.2) is 0 Å². The molecule has 0 spiro atoms. The normalized spacial score (nSPS) is 13.9. The third-order valence-corrected chi connectivity index (χ3v) is 5.31. The molecule has 0 bridgehead atoms. The van der Waals surface area contributed by atoms with Crippen LogP contribution in [0.3, 0.4) is 0 Å². The first-order valence-electron chi connectivity index (χ1n) is 11.4. The van der Waals surface area contributed by atoms with Crippen LogP contribution in [0.4, 0.5) is 0 Å². The first-order chi connectivity index (χ1) is 13.1. The van der Waals surface area contributed by atoms with Crippen molar-refractivity contribution in [3.8, 4) is 0 Å². The molecule has 158 valence electrons. The van der Waals surface area contributed by atoms with Crippen molar-refractivity contribution in [2.75, 3.05) is 6.54 Å². The van der Waals surface area contributed by atoms with Gasteiger partial charge in [-0.2, -0.15) is 0 Å². The summed E-state index contributed by atoms with van der Waals surface area (Å²) in [6.45, 7) is 8.76. The van der Waals surface area contributed by atoms with Crippen molar-refractivity contribution >= 4 is 5.97 Å². The van der Waals surface area contributed by atoms with Crippen LogP contribution in [-0.2, 0) is 4.79 Å². The van der Waals surface area contributed by atoms with Crippen molar-refractivity contribution in [1.82, 2.24) is 4.90 Å². The number of unbranched alkanes of at least 4 members (excludes halogenated alkanes) is 4. The number of carbonyl (C=O) groups is 1. The summed E-state index contributed by atoms with van der Waals surface area (Å²) in [6, 6.07) is 0.700. The summed E-state index contributed by atoms with van der Waals surface area (Å²) in [5, 5.41) is 11.4. The molecule has 0 heterocycles. The van der Waals surface area contributed by atoms with Gasteiger partial charge in [0.15, 0.2) is 0 Å². The molecule has 2 atom stereocenters. The van der Waals surface area contributed by atoms with E-state index in [1.54, 1.807) is 0 Å². The van der Waals surface area contributed by atoms with E-state index in [1.165, 1.54) is 12.8 Å². The number of aliphatic carboxylic acids is 1. The SMILES string of the molecule is CC/C=C/CCCCC(CC)N(CC(=O)[O-])C(CC)CCCC/C=C/CC.[Li+]. The molecule has 0 aliphatic rings. The Morgan fingerprint density at radius 1 is 0.786 bits per heavy atom. The maximum Gasteiger partial charge on any atom is 1.00 e. The van der Waals surface area contributed by atoms with Gasteiger partial charge in [-0.1, -0.05) is 64.8 Å². The molecule has 0 fully saturated rings. The smallest absolute Gasteiger partial charge is 0.549 e. The predicted octanol–water partition coefficient (Wildman–Crippen LogP) is 2.65.